The van der Waals surface area contributed by atoms with Crippen molar-refractivity contribution in [3.8, 4) is 0 Å². The highest BCUT2D eigenvalue weighted by atomic mass is 35.5. The molecule has 2 aromatic rings. The molecule has 0 radical (unpaired) electrons. The fourth-order valence-electron chi connectivity index (χ4n) is 2.47. The first-order valence-electron chi connectivity index (χ1n) is 7.40. The summed E-state index contributed by atoms with van der Waals surface area (Å²) in [6.07, 6.45) is 1.61. The fraction of sp³-hybridized carbons (Fsp3) is 0.333. The van der Waals surface area contributed by atoms with E-state index in [1.807, 2.05) is 0 Å². The molecule has 0 amide bonds. The molecule has 0 aliphatic rings. The van der Waals surface area contributed by atoms with Gasteiger partial charge in [0.15, 0.2) is 0 Å². The molecule has 2 aromatic carbocycles. The van der Waals surface area contributed by atoms with Crippen molar-refractivity contribution in [3.63, 3.8) is 0 Å². The molecule has 112 valence electrons. The highest BCUT2D eigenvalue weighted by Crippen LogP contribution is 2.24. The molecule has 0 aliphatic carbocycles. The molecular weight excluding hydrogens is 285 g/mol. The van der Waals surface area contributed by atoms with Crippen molar-refractivity contribution in [2.24, 2.45) is 0 Å². The first-order chi connectivity index (χ1) is 10.2. The second-order valence-corrected chi connectivity index (χ2v) is 5.53. The van der Waals surface area contributed by atoms with E-state index in [1.165, 1.54) is 11.1 Å². The van der Waals surface area contributed by atoms with Crippen molar-refractivity contribution in [2.75, 3.05) is 6.54 Å². The quantitative estimate of drug-likeness (QED) is 0.797. The van der Waals surface area contributed by atoms with Crippen molar-refractivity contribution >= 4 is 11.6 Å². The Labute approximate surface area is 131 Å². The van der Waals surface area contributed by atoms with E-state index in [1.54, 1.807) is 18.2 Å². The molecule has 0 fully saturated rings. The lowest BCUT2D eigenvalue weighted by molar-refractivity contribution is 0.528. The largest absolute Gasteiger partial charge is 0.310 e. The minimum atomic E-state index is -0.313. The van der Waals surface area contributed by atoms with Gasteiger partial charge in [0.25, 0.3) is 0 Å². The van der Waals surface area contributed by atoms with Gasteiger partial charge < -0.3 is 5.32 Å². The first kappa shape index (κ1) is 16.0. The Morgan fingerprint density at radius 2 is 1.81 bits per heavy atom. The van der Waals surface area contributed by atoms with Crippen LogP contribution < -0.4 is 5.32 Å². The molecule has 0 spiro atoms. The fourth-order valence-corrected chi connectivity index (χ4v) is 2.66. The zero-order chi connectivity index (χ0) is 15.2. The number of rotatable bonds is 6. The Balaban J connectivity index is 2.23. The molecule has 1 unspecified atom stereocenters. The molecule has 0 aliphatic heterocycles. The molecular formula is C18H21ClFN. The number of benzene rings is 2. The average Bonchev–Trinajstić information content (AvgIpc) is 2.51. The minimum Gasteiger partial charge on any atom is -0.310 e. The Kier molecular flexibility index (Phi) is 5.77. The Hall–Kier alpha value is -1.38. The van der Waals surface area contributed by atoms with E-state index < -0.39 is 0 Å². The monoisotopic (exact) mass is 305 g/mol. The summed E-state index contributed by atoms with van der Waals surface area (Å²) in [5.41, 5.74) is 3.13. The molecule has 0 heterocycles. The molecule has 1 atom stereocenters. The van der Waals surface area contributed by atoms with Crippen molar-refractivity contribution in [1.29, 1.82) is 0 Å². The molecule has 0 bridgehead atoms. The van der Waals surface area contributed by atoms with Crippen LogP contribution in [0.4, 0.5) is 4.39 Å². The van der Waals surface area contributed by atoms with Crippen molar-refractivity contribution in [3.05, 3.63) is 70.0 Å². The van der Waals surface area contributed by atoms with E-state index >= 15 is 0 Å². The molecule has 2 rings (SSSR count). The summed E-state index contributed by atoms with van der Waals surface area (Å²) in [4.78, 5) is 0. The summed E-state index contributed by atoms with van der Waals surface area (Å²) in [7, 11) is 0. The second kappa shape index (κ2) is 7.58. The maximum Gasteiger partial charge on any atom is 0.145 e. The molecule has 0 aromatic heterocycles. The number of halogens is 2. The smallest absolute Gasteiger partial charge is 0.145 e. The molecule has 1 N–H and O–H groups in total. The van der Waals surface area contributed by atoms with Gasteiger partial charge >= 0.3 is 0 Å². The predicted molar refractivity (Wildman–Crippen MR) is 87.4 cm³/mol. The SMILES string of the molecule is CCNC(Cc1cccc(Cl)c1F)c1ccc(CC)cc1. The van der Waals surface area contributed by atoms with Gasteiger partial charge in [-0.3, -0.25) is 0 Å². The lowest BCUT2D eigenvalue weighted by Crippen LogP contribution is -2.23. The Morgan fingerprint density at radius 1 is 1.10 bits per heavy atom. The van der Waals surface area contributed by atoms with Gasteiger partial charge in [0.1, 0.15) is 5.82 Å². The highest BCUT2D eigenvalue weighted by molar-refractivity contribution is 6.30. The summed E-state index contributed by atoms with van der Waals surface area (Å²) in [5.74, 6) is -0.313. The molecule has 21 heavy (non-hydrogen) atoms. The average molecular weight is 306 g/mol. The van der Waals surface area contributed by atoms with Crippen LogP contribution in [0, 0.1) is 5.82 Å². The van der Waals surface area contributed by atoms with Crippen LogP contribution in [-0.2, 0) is 12.8 Å². The summed E-state index contributed by atoms with van der Waals surface area (Å²) in [6, 6.07) is 13.8. The van der Waals surface area contributed by atoms with Crippen molar-refractivity contribution in [1.82, 2.24) is 5.32 Å². The van der Waals surface area contributed by atoms with Crippen molar-refractivity contribution < 1.29 is 4.39 Å². The van der Waals surface area contributed by atoms with Crippen molar-refractivity contribution in [2.45, 2.75) is 32.7 Å². The minimum absolute atomic E-state index is 0.0915. The number of hydrogen-bond acceptors (Lipinski definition) is 1. The van der Waals surface area contributed by atoms with Crippen LogP contribution in [0.15, 0.2) is 42.5 Å². The Morgan fingerprint density at radius 3 is 2.43 bits per heavy atom. The summed E-state index contributed by atoms with van der Waals surface area (Å²) in [6.45, 7) is 5.03. The number of nitrogens with one attached hydrogen (secondary N) is 1. The third kappa shape index (κ3) is 4.05. The van der Waals surface area contributed by atoms with Crippen LogP contribution in [0.1, 0.15) is 36.6 Å². The summed E-state index contributed by atoms with van der Waals surface area (Å²) < 4.78 is 14.1. The van der Waals surface area contributed by atoms with E-state index in [9.17, 15) is 4.39 Å². The van der Waals surface area contributed by atoms with Gasteiger partial charge in [0.2, 0.25) is 0 Å². The van der Waals surface area contributed by atoms with Crippen LogP contribution in [0.3, 0.4) is 0 Å². The van der Waals surface area contributed by atoms with Crippen LogP contribution in [-0.4, -0.2) is 6.54 Å². The van der Waals surface area contributed by atoms with E-state index in [2.05, 4.69) is 43.4 Å². The maximum absolute atomic E-state index is 14.1. The van der Waals surface area contributed by atoms with Gasteiger partial charge in [-0.25, -0.2) is 4.39 Å². The standard InChI is InChI=1S/C18H21ClFN/c1-3-13-8-10-14(11-9-13)17(21-4-2)12-15-6-5-7-16(19)18(15)20/h5-11,17,21H,3-4,12H2,1-2H3. The topological polar surface area (TPSA) is 12.0 Å². The number of hydrogen-bond donors (Lipinski definition) is 1. The second-order valence-electron chi connectivity index (χ2n) is 5.12. The number of aryl methyl sites for hydroxylation is 1. The highest BCUT2D eigenvalue weighted by Gasteiger charge is 2.15. The maximum atomic E-state index is 14.1. The van der Waals surface area contributed by atoms with Gasteiger partial charge in [-0.2, -0.15) is 0 Å². The van der Waals surface area contributed by atoms with E-state index in [-0.39, 0.29) is 16.9 Å². The zero-order valence-electron chi connectivity index (χ0n) is 12.5. The van der Waals surface area contributed by atoms with Gasteiger partial charge in [-0.05, 0) is 42.1 Å². The lowest BCUT2D eigenvalue weighted by Gasteiger charge is -2.19. The molecule has 0 saturated carbocycles. The third-order valence-corrected chi connectivity index (χ3v) is 3.99. The third-order valence-electron chi connectivity index (χ3n) is 3.70. The molecule has 0 saturated heterocycles. The molecule has 1 nitrogen and oxygen atoms in total. The van der Waals surface area contributed by atoms with E-state index in [4.69, 9.17) is 11.6 Å². The summed E-state index contributed by atoms with van der Waals surface area (Å²) in [5, 5.41) is 3.61. The van der Waals surface area contributed by atoms with E-state index in [0.717, 1.165) is 13.0 Å². The van der Waals surface area contributed by atoms with Crippen LogP contribution in [0.5, 0.6) is 0 Å². The van der Waals surface area contributed by atoms with Crippen LogP contribution in [0.2, 0.25) is 5.02 Å². The Bertz CT molecular complexity index is 580. The van der Waals surface area contributed by atoms with Crippen LogP contribution >= 0.6 is 11.6 Å². The van der Waals surface area contributed by atoms with Gasteiger partial charge in [-0.1, -0.05) is 61.8 Å². The normalized spacial score (nSPS) is 12.4. The van der Waals surface area contributed by atoms with Gasteiger partial charge in [-0.15, -0.1) is 0 Å². The van der Waals surface area contributed by atoms with Gasteiger partial charge in [0, 0.05) is 6.04 Å². The predicted octanol–water partition coefficient (Wildman–Crippen LogP) is 4.93. The number of likely N-dealkylation sites (N-methyl/N-ethyl adjacent to an activating group) is 1. The zero-order valence-corrected chi connectivity index (χ0v) is 13.3. The lowest BCUT2D eigenvalue weighted by atomic mass is 9.97. The first-order valence-corrected chi connectivity index (χ1v) is 7.78. The molecule has 3 heteroatoms. The summed E-state index contributed by atoms with van der Waals surface area (Å²) >= 11 is 5.86. The van der Waals surface area contributed by atoms with Gasteiger partial charge in [0.05, 0.1) is 5.02 Å². The van der Waals surface area contributed by atoms with E-state index in [0.29, 0.717) is 12.0 Å². The van der Waals surface area contributed by atoms with Crippen LogP contribution in [0.25, 0.3) is 0 Å².